The van der Waals surface area contributed by atoms with Crippen LogP contribution in [0.1, 0.15) is 74.1 Å². The lowest BCUT2D eigenvalue weighted by Crippen LogP contribution is -2.30. The van der Waals surface area contributed by atoms with Crippen molar-refractivity contribution in [2.24, 2.45) is 5.73 Å². The van der Waals surface area contributed by atoms with Gasteiger partial charge in [0.25, 0.3) is 0 Å². The lowest BCUT2D eigenvalue weighted by molar-refractivity contribution is 0.298. The van der Waals surface area contributed by atoms with E-state index in [1.807, 2.05) is 0 Å². The van der Waals surface area contributed by atoms with E-state index < -0.39 is 0 Å². The Morgan fingerprint density at radius 2 is 1.88 bits per heavy atom. The van der Waals surface area contributed by atoms with Crippen LogP contribution >= 0.6 is 0 Å². The molecular formula is C21H28N4O. The second-order valence-electron chi connectivity index (χ2n) is 8.59. The zero-order chi connectivity index (χ0) is 17.6. The van der Waals surface area contributed by atoms with E-state index in [-0.39, 0.29) is 5.41 Å². The molecule has 2 unspecified atom stereocenters. The van der Waals surface area contributed by atoms with Gasteiger partial charge in [-0.25, -0.2) is 0 Å². The molecule has 0 aliphatic heterocycles. The van der Waals surface area contributed by atoms with E-state index in [0.29, 0.717) is 23.9 Å². The van der Waals surface area contributed by atoms with Crippen molar-refractivity contribution in [1.82, 2.24) is 15.5 Å². The summed E-state index contributed by atoms with van der Waals surface area (Å²) in [5.41, 5.74) is 7.57. The summed E-state index contributed by atoms with van der Waals surface area (Å²) in [5, 5.41) is 8.13. The van der Waals surface area contributed by atoms with E-state index in [1.165, 1.54) is 12.0 Å². The first-order valence-corrected chi connectivity index (χ1v) is 10.1. The summed E-state index contributed by atoms with van der Waals surface area (Å²) in [6.45, 7) is 0.968. The monoisotopic (exact) mass is 352 g/mol. The van der Waals surface area contributed by atoms with Gasteiger partial charge in [-0.3, -0.25) is 0 Å². The Labute approximate surface area is 154 Å². The van der Waals surface area contributed by atoms with E-state index in [1.54, 1.807) is 0 Å². The van der Waals surface area contributed by atoms with Gasteiger partial charge >= 0.3 is 0 Å². The van der Waals surface area contributed by atoms with Crippen molar-refractivity contribution >= 4 is 0 Å². The number of aromatic nitrogens is 2. The molecule has 0 saturated heterocycles. The lowest BCUT2D eigenvalue weighted by atomic mass is 9.86. The molecule has 2 atom stereocenters. The molecule has 3 aliphatic rings. The summed E-state index contributed by atoms with van der Waals surface area (Å²) in [6.07, 6.45) is 7.85. The smallest absolute Gasteiger partial charge is 0.229 e. The van der Waals surface area contributed by atoms with Crippen LogP contribution in [0.4, 0.5) is 0 Å². The van der Waals surface area contributed by atoms with Crippen LogP contribution in [-0.4, -0.2) is 28.8 Å². The minimum absolute atomic E-state index is 0.108. The Morgan fingerprint density at radius 1 is 1.12 bits per heavy atom. The molecule has 3 saturated carbocycles. The molecule has 0 spiro atoms. The van der Waals surface area contributed by atoms with Gasteiger partial charge in [0.1, 0.15) is 0 Å². The number of rotatable bonds is 6. The van der Waals surface area contributed by atoms with Gasteiger partial charge in [-0.2, -0.15) is 4.98 Å². The van der Waals surface area contributed by atoms with Crippen LogP contribution in [0.3, 0.4) is 0 Å². The molecule has 1 heterocycles. The molecule has 3 fully saturated rings. The molecule has 1 aromatic carbocycles. The predicted molar refractivity (Wildman–Crippen MR) is 100.0 cm³/mol. The van der Waals surface area contributed by atoms with Crippen LogP contribution in [0.25, 0.3) is 0 Å². The predicted octanol–water partition coefficient (Wildman–Crippen LogP) is 3.23. The van der Waals surface area contributed by atoms with Crippen LogP contribution < -0.4 is 11.1 Å². The zero-order valence-corrected chi connectivity index (χ0v) is 15.2. The maximum absolute atomic E-state index is 6.01. The van der Waals surface area contributed by atoms with Crippen LogP contribution in [0.15, 0.2) is 34.9 Å². The highest BCUT2D eigenvalue weighted by Crippen LogP contribution is 2.48. The zero-order valence-electron chi connectivity index (χ0n) is 15.2. The second-order valence-corrected chi connectivity index (χ2v) is 8.59. The van der Waals surface area contributed by atoms with Crippen molar-refractivity contribution in [3.63, 3.8) is 0 Å². The molecule has 26 heavy (non-hydrogen) atoms. The first-order chi connectivity index (χ1) is 12.7. The summed E-state index contributed by atoms with van der Waals surface area (Å²) in [4.78, 5) is 4.81. The number of nitrogens with zero attached hydrogens (tertiary/aromatic N) is 2. The summed E-state index contributed by atoms with van der Waals surface area (Å²) in [7, 11) is 0. The maximum Gasteiger partial charge on any atom is 0.229 e. The van der Waals surface area contributed by atoms with Crippen molar-refractivity contribution in [2.75, 3.05) is 6.54 Å². The Kier molecular flexibility index (Phi) is 4.09. The standard InChI is InChI=1S/C21H28N4O/c22-16-8-6-15(7-9-16)19-24-20(25-26-19)21(10-11-21)13-23-18-12-17(18)14-4-2-1-3-5-14/h1-5,15-18,23H,6-13,22H2/t15-,16+,17?,18?. The van der Waals surface area contributed by atoms with Crippen molar-refractivity contribution in [3.05, 3.63) is 47.6 Å². The molecule has 1 aromatic heterocycles. The molecule has 138 valence electrons. The average molecular weight is 352 g/mol. The Hall–Kier alpha value is -1.72. The fourth-order valence-electron chi connectivity index (χ4n) is 4.43. The second kappa shape index (κ2) is 6.46. The molecule has 2 aromatic rings. The highest BCUT2D eigenvalue weighted by atomic mass is 16.5. The van der Waals surface area contributed by atoms with E-state index in [0.717, 1.165) is 56.8 Å². The van der Waals surface area contributed by atoms with Gasteiger partial charge < -0.3 is 15.6 Å². The van der Waals surface area contributed by atoms with Gasteiger partial charge in [0, 0.05) is 35.9 Å². The van der Waals surface area contributed by atoms with Gasteiger partial charge in [0.05, 0.1) is 0 Å². The normalized spacial score (nSPS) is 32.3. The lowest BCUT2D eigenvalue weighted by Gasteiger charge is -2.23. The van der Waals surface area contributed by atoms with Crippen molar-refractivity contribution < 1.29 is 4.52 Å². The molecule has 0 amide bonds. The number of benzene rings is 1. The number of hydrogen-bond donors (Lipinski definition) is 2. The Morgan fingerprint density at radius 3 is 2.62 bits per heavy atom. The molecule has 5 rings (SSSR count). The molecule has 3 N–H and O–H groups in total. The van der Waals surface area contributed by atoms with Gasteiger partial charge in [0.15, 0.2) is 5.82 Å². The van der Waals surface area contributed by atoms with E-state index in [9.17, 15) is 0 Å². The molecule has 0 bridgehead atoms. The van der Waals surface area contributed by atoms with Gasteiger partial charge in [0.2, 0.25) is 5.89 Å². The summed E-state index contributed by atoms with van der Waals surface area (Å²) < 4.78 is 5.65. The average Bonchev–Trinajstić information content (AvgIpc) is 3.59. The largest absolute Gasteiger partial charge is 0.339 e. The van der Waals surface area contributed by atoms with Crippen LogP contribution in [0, 0.1) is 0 Å². The minimum Gasteiger partial charge on any atom is -0.339 e. The third-order valence-corrected chi connectivity index (χ3v) is 6.61. The first kappa shape index (κ1) is 16.5. The third-order valence-electron chi connectivity index (χ3n) is 6.61. The molecule has 5 heteroatoms. The van der Waals surface area contributed by atoms with E-state index >= 15 is 0 Å². The quantitative estimate of drug-likeness (QED) is 0.835. The molecule has 0 radical (unpaired) electrons. The third kappa shape index (κ3) is 3.19. The van der Waals surface area contributed by atoms with Crippen LogP contribution in [0.5, 0.6) is 0 Å². The molecular weight excluding hydrogens is 324 g/mol. The fraction of sp³-hybridized carbons (Fsp3) is 0.619. The van der Waals surface area contributed by atoms with Crippen molar-refractivity contribution in [1.29, 1.82) is 0 Å². The first-order valence-electron chi connectivity index (χ1n) is 10.1. The topological polar surface area (TPSA) is 77.0 Å². The van der Waals surface area contributed by atoms with Crippen LogP contribution in [-0.2, 0) is 5.41 Å². The van der Waals surface area contributed by atoms with Crippen molar-refractivity contribution in [3.8, 4) is 0 Å². The molecule has 3 aliphatic carbocycles. The molecule has 5 nitrogen and oxygen atoms in total. The van der Waals surface area contributed by atoms with Crippen molar-refractivity contribution in [2.45, 2.75) is 74.3 Å². The maximum atomic E-state index is 6.01. The highest BCUT2D eigenvalue weighted by molar-refractivity contribution is 5.28. The van der Waals surface area contributed by atoms with Gasteiger partial charge in [-0.15, -0.1) is 0 Å². The summed E-state index contributed by atoms with van der Waals surface area (Å²) >= 11 is 0. The number of nitrogens with one attached hydrogen (secondary N) is 1. The van der Waals surface area contributed by atoms with Crippen LogP contribution in [0.2, 0.25) is 0 Å². The Balaban J connectivity index is 1.18. The fourth-order valence-corrected chi connectivity index (χ4v) is 4.43. The minimum atomic E-state index is 0.108. The number of hydrogen-bond acceptors (Lipinski definition) is 5. The van der Waals surface area contributed by atoms with E-state index in [2.05, 4.69) is 40.8 Å². The highest BCUT2D eigenvalue weighted by Gasteiger charge is 2.50. The number of nitrogens with two attached hydrogens (primary N) is 1. The summed E-state index contributed by atoms with van der Waals surface area (Å²) in [6, 6.07) is 11.8. The summed E-state index contributed by atoms with van der Waals surface area (Å²) in [5.74, 6) is 2.84. The van der Waals surface area contributed by atoms with E-state index in [4.69, 9.17) is 15.2 Å². The van der Waals surface area contributed by atoms with Gasteiger partial charge in [-0.05, 0) is 50.5 Å². The Bertz CT molecular complexity index is 746. The SMILES string of the molecule is N[C@H]1CC[C@@H](c2nc(C3(CNC4CC4c4ccccc4)CC3)no2)CC1. The van der Waals surface area contributed by atoms with Gasteiger partial charge in [-0.1, -0.05) is 35.5 Å².